The molecule has 4 aromatic rings. The fourth-order valence-corrected chi connectivity index (χ4v) is 4.79. The highest BCUT2D eigenvalue weighted by molar-refractivity contribution is 7.46. The predicted molar refractivity (Wildman–Crippen MR) is 170 cm³/mol. The Kier molecular flexibility index (Phi) is 13.2. The lowest BCUT2D eigenvalue weighted by molar-refractivity contribution is -0.870. The van der Waals surface area contributed by atoms with E-state index in [4.69, 9.17) is 9.05 Å². The third-order valence-electron chi connectivity index (χ3n) is 6.12. The van der Waals surface area contributed by atoms with Crippen molar-refractivity contribution in [2.75, 3.05) is 86.0 Å². The molecule has 2 atom stereocenters. The van der Waals surface area contributed by atoms with Gasteiger partial charge in [-0.2, -0.15) is 0 Å². The van der Waals surface area contributed by atoms with Gasteiger partial charge in [0.15, 0.2) is 11.0 Å². The second-order valence-electron chi connectivity index (χ2n) is 12.2. The minimum absolute atomic E-state index is 0.0146. The van der Waals surface area contributed by atoms with E-state index in [2.05, 4.69) is 49.6 Å². The number of carbonyl (C=O) groups excluding carboxylic acids is 1. The second-order valence-corrected chi connectivity index (χ2v) is 15.0. The molecule has 4 rings (SSSR count). The van der Waals surface area contributed by atoms with Gasteiger partial charge in [-0.15, -0.1) is 0 Å². The average Bonchev–Trinajstić information content (AvgIpc) is 3.66. The fraction of sp³-hybridized carbons (Fsp3) is 0.458. The lowest BCUT2D eigenvalue weighted by Crippen LogP contribution is -2.37. The summed E-state index contributed by atoms with van der Waals surface area (Å²) in [5.41, 5.74) is -0.792. The van der Waals surface area contributed by atoms with Crippen LogP contribution in [0.3, 0.4) is 0 Å². The fourth-order valence-electron chi connectivity index (χ4n) is 3.59. The number of amides is 1. The second kappa shape index (κ2) is 16.5. The molecule has 2 heterocycles. The lowest BCUT2D eigenvalue weighted by Gasteiger charge is -2.27. The maximum absolute atomic E-state index is 11.8. The molecule has 0 aliphatic heterocycles. The van der Waals surface area contributed by atoms with Gasteiger partial charge in [0.1, 0.15) is 33.0 Å². The highest BCUT2D eigenvalue weighted by Gasteiger charge is 2.24. The van der Waals surface area contributed by atoms with Crippen LogP contribution in [0.2, 0.25) is 0 Å². The van der Waals surface area contributed by atoms with Crippen molar-refractivity contribution in [3.63, 3.8) is 0 Å². The first-order chi connectivity index (χ1) is 23.6. The summed E-state index contributed by atoms with van der Waals surface area (Å²) in [4.78, 5) is 55.5. The summed E-state index contributed by atoms with van der Waals surface area (Å²) < 4.78 is 51.6. The Balaban J connectivity index is 0.000000276. The number of nitro groups is 2. The number of rotatable bonds is 16. The van der Waals surface area contributed by atoms with E-state index in [1.165, 1.54) is 12.1 Å². The number of benzene rings is 2. The van der Waals surface area contributed by atoms with Crippen molar-refractivity contribution in [2.45, 2.75) is 0 Å². The first-order valence-corrected chi connectivity index (χ1v) is 17.2. The molecule has 25 nitrogen and oxygen atoms in total. The summed E-state index contributed by atoms with van der Waals surface area (Å²) in [5.74, 6) is 0. The molecule has 280 valence electrons. The van der Waals surface area contributed by atoms with Gasteiger partial charge in [0.05, 0.1) is 63.5 Å². The third-order valence-corrected chi connectivity index (χ3v) is 7.95. The van der Waals surface area contributed by atoms with Crippen LogP contribution in [0, 0.1) is 20.2 Å². The Morgan fingerprint density at radius 2 is 1.16 bits per heavy atom. The van der Waals surface area contributed by atoms with Gasteiger partial charge >= 0.3 is 25.3 Å². The van der Waals surface area contributed by atoms with E-state index < -0.39 is 44.0 Å². The number of fused-ring (bicyclic) bond motifs is 2. The summed E-state index contributed by atoms with van der Waals surface area (Å²) in [6.45, 7) is 0.220. The molecule has 0 radical (unpaired) electrons. The Morgan fingerprint density at radius 1 is 0.725 bits per heavy atom. The van der Waals surface area contributed by atoms with Crippen LogP contribution < -0.4 is 20.4 Å². The van der Waals surface area contributed by atoms with Crippen LogP contribution in [-0.2, 0) is 27.2 Å². The Morgan fingerprint density at radius 3 is 1.63 bits per heavy atom. The number of nitrogens with one attached hydrogen (secondary N) is 2. The van der Waals surface area contributed by atoms with Crippen LogP contribution in [0.1, 0.15) is 0 Å². The van der Waals surface area contributed by atoms with E-state index in [1.807, 2.05) is 42.3 Å². The molecule has 0 bridgehead atoms. The Hall–Kier alpha value is -4.71. The molecule has 1 amide bonds. The number of likely N-dealkylation sites (N-methyl/N-ethyl adjacent to an activating group) is 2. The van der Waals surface area contributed by atoms with Crippen molar-refractivity contribution in [1.82, 2.24) is 20.6 Å². The Labute approximate surface area is 287 Å². The van der Waals surface area contributed by atoms with E-state index >= 15 is 0 Å². The minimum Gasteiger partial charge on any atom is -0.756 e. The first-order valence-electron chi connectivity index (χ1n) is 14.3. The number of hydrogen-bond donors (Lipinski definition) is 2. The molecule has 0 fully saturated rings. The van der Waals surface area contributed by atoms with Gasteiger partial charge in [0, 0.05) is 12.1 Å². The monoisotopic (exact) mass is 764 g/mol. The topological polar surface area (TPSA) is 322 Å². The van der Waals surface area contributed by atoms with Crippen LogP contribution in [0.5, 0.6) is 0 Å². The first kappa shape index (κ1) is 40.7. The molecule has 0 aliphatic rings. The summed E-state index contributed by atoms with van der Waals surface area (Å²) in [6, 6.07) is 4.74. The molecular formula is C24H34N10O15P2. The molecule has 2 aromatic carbocycles. The van der Waals surface area contributed by atoms with Crippen LogP contribution >= 0.6 is 15.6 Å². The minimum atomic E-state index is -4.88. The van der Waals surface area contributed by atoms with E-state index in [0.717, 1.165) is 12.1 Å². The van der Waals surface area contributed by atoms with Gasteiger partial charge < -0.3 is 37.6 Å². The molecule has 0 spiro atoms. The van der Waals surface area contributed by atoms with E-state index in [1.54, 1.807) is 0 Å². The number of aromatic nitrogens is 4. The van der Waals surface area contributed by atoms with E-state index in [0.29, 0.717) is 22.1 Å². The average molecular weight is 765 g/mol. The van der Waals surface area contributed by atoms with Crippen LogP contribution in [0.15, 0.2) is 33.5 Å². The summed E-state index contributed by atoms with van der Waals surface area (Å²) >= 11 is 0. The molecule has 0 aliphatic carbocycles. The van der Waals surface area contributed by atoms with Crippen molar-refractivity contribution in [3.05, 3.63) is 44.5 Å². The van der Waals surface area contributed by atoms with Crippen LogP contribution in [0.4, 0.5) is 27.5 Å². The normalized spacial score (nSPS) is 14.2. The summed E-state index contributed by atoms with van der Waals surface area (Å²) in [7, 11) is 1.82. The van der Waals surface area contributed by atoms with Crippen molar-refractivity contribution in [1.29, 1.82) is 0 Å². The van der Waals surface area contributed by atoms with Crippen molar-refractivity contribution >= 4 is 66.6 Å². The maximum atomic E-state index is 11.8. The number of nitrogens with zero attached hydrogens (tertiary/aromatic N) is 8. The molecule has 0 saturated heterocycles. The maximum Gasteiger partial charge on any atom is 0.417 e. The van der Waals surface area contributed by atoms with Gasteiger partial charge in [0.2, 0.25) is 11.0 Å². The number of phosphoric acid groups is 2. The van der Waals surface area contributed by atoms with Gasteiger partial charge in [-0.25, -0.2) is 14.1 Å². The zero-order valence-corrected chi connectivity index (χ0v) is 29.7. The molecule has 51 heavy (non-hydrogen) atoms. The number of non-ortho nitro benzene ring substituents is 2. The predicted octanol–water partition coefficient (Wildman–Crippen LogP) is 1.58. The van der Waals surface area contributed by atoms with Gasteiger partial charge in [-0.05, 0) is 32.8 Å². The van der Waals surface area contributed by atoms with Gasteiger partial charge in [0.25, 0.3) is 7.82 Å². The number of phosphoric ester groups is 2. The summed E-state index contributed by atoms with van der Waals surface area (Å²) in [5, 5.41) is 40.4. The largest absolute Gasteiger partial charge is 0.756 e. The number of nitro benzene ring substituents is 2. The number of carbonyl (C=O) groups is 1. The standard InChI is InChI=1S/C12H16N5O8P.C12H18N5O7P/c1-17(2,3)6-7-23-26(21,22)24-12(18)13-8-4-5-9(16(19)20)11-10(8)14-25-15-11;1-17(2,3)6-7-22-25(20,21)23-8-13-9-4-5-10(16(18)19)12-11(9)14-24-15-12/h4-5H,6-7H2,1-3H3,(H-,13,15,18,21,22);4-5,13H,6-8H2,1-3H3. The molecule has 27 heteroatoms. The van der Waals surface area contributed by atoms with E-state index in [9.17, 15) is 43.9 Å². The van der Waals surface area contributed by atoms with Gasteiger partial charge in [-0.3, -0.25) is 39.2 Å². The Bertz CT molecular complexity index is 1960. The third kappa shape index (κ3) is 12.8. The highest BCUT2D eigenvalue weighted by atomic mass is 31.2. The van der Waals surface area contributed by atoms with Crippen molar-refractivity contribution < 1.29 is 69.9 Å². The van der Waals surface area contributed by atoms with E-state index in [-0.39, 0.29) is 52.3 Å². The molecule has 2 N–H and O–H groups in total. The highest BCUT2D eigenvalue weighted by Crippen LogP contribution is 2.40. The number of quaternary nitrogens is 2. The number of anilines is 2. The smallest absolute Gasteiger partial charge is 0.417 e. The quantitative estimate of drug-likeness (QED) is 0.0537. The zero-order valence-electron chi connectivity index (χ0n) is 27.9. The SMILES string of the molecule is C[N+](C)(C)CCOP(=O)([O-])OC(=O)Nc1ccc([N+](=O)[O-])c2nonc12.C[N+](C)(C)CCOP(=O)([O-])OCNc1ccc([N+](=O)[O-])c2nonc12. The molecule has 0 saturated carbocycles. The molecular weight excluding hydrogens is 730 g/mol. The van der Waals surface area contributed by atoms with Crippen molar-refractivity contribution in [2.24, 2.45) is 0 Å². The number of hydrogen-bond acceptors (Lipinski definition) is 20. The summed E-state index contributed by atoms with van der Waals surface area (Å²) in [6.07, 6.45) is -1.37. The van der Waals surface area contributed by atoms with Crippen molar-refractivity contribution in [3.8, 4) is 0 Å². The lowest BCUT2D eigenvalue weighted by atomic mass is 10.2. The molecule has 2 aromatic heterocycles. The van der Waals surface area contributed by atoms with Gasteiger partial charge in [-0.1, -0.05) is 0 Å². The van der Waals surface area contributed by atoms with Crippen LogP contribution in [-0.4, -0.2) is 121 Å². The molecule has 2 unspecified atom stereocenters. The van der Waals surface area contributed by atoms with Crippen LogP contribution in [0.25, 0.3) is 22.1 Å². The zero-order chi connectivity index (χ0) is 38.2.